The molecule has 2 N–H and O–H groups in total. The number of amides is 2. The lowest BCUT2D eigenvalue weighted by Crippen LogP contribution is -2.35. The van der Waals surface area contributed by atoms with Crippen molar-refractivity contribution in [3.8, 4) is 11.5 Å². The first kappa shape index (κ1) is 24.1. The Bertz CT molecular complexity index is 1380. The van der Waals surface area contributed by atoms with Crippen molar-refractivity contribution in [1.82, 2.24) is 4.90 Å². The molecule has 2 amide bonds. The number of hydrogen-bond donors (Lipinski definition) is 2. The number of para-hydroxylation sites is 1. The lowest BCUT2D eigenvalue weighted by molar-refractivity contribution is -0.116. The zero-order valence-electron chi connectivity index (χ0n) is 19.5. The molecule has 9 nitrogen and oxygen atoms in total. The Kier molecular flexibility index (Phi) is 6.65. The predicted molar refractivity (Wildman–Crippen MR) is 131 cm³/mol. The van der Waals surface area contributed by atoms with Crippen LogP contribution in [0.1, 0.15) is 21.5 Å². The highest BCUT2D eigenvalue weighted by molar-refractivity contribution is 7.92. The van der Waals surface area contributed by atoms with E-state index < -0.39 is 15.9 Å². The maximum absolute atomic E-state index is 12.9. The molecule has 0 saturated heterocycles. The topological polar surface area (TPSA) is 114 Å². The monoisotopic (exact) mass is 495 g/mol. The Hall–Kier alpha value is -4.05. The number of rotatable bonds is 7. The minimum Gasteiger partial charge on any atom is -0.454 e. The molecule has 0 bridgehead atoms. The fourth-order valence-corrected chi connectivity index (χ4v) is 4.76. The number of carbonyl (C=O) groups is 2. The summed E-state index contributed by atoms with van der Waals surface area (Å²) < 4.78 is 38.8. The van der Waals surface area contributed by atoms with Gasteiger partial charge < -0.3 is 19.7 Å². The Labute approximate surface area is 203 Å². The fraction of sp³-hybridized carbons (Fsp3) is 0.200. The van der Waals surface area contributed by atoms with Crippen LogP contribution < -0.4 is 19.5 Å². The number of anilines is 2. The second-order valence-electron chi connectivity index (χ2n) is 8.18. The largest absolute Gasteiger partial charge is 0.454 e. The molecule has 0 aliphatic carbocycles. The first-order valence-corrected chi connectivity index (χ1v) is 12.3. The Morgan fingerprint density at radius 1 is 0.943 bits per heavy atom. The van der Waals surface area contributed by atoms with Crippen LogP contribution in [0.25, 0.3) is 0 Å². The summed E-state index contributed by atoms with van der Waals surface area (Å²) in [6.45, 7) is 3.66. The lowest BCUT2D eigenvalue weighted by Gasteiger charge is -2.18. The van der Waals surface area contributed by atoms with E-state index in [-0.39, 0.29) is 29.7 Å². The van der Waals surface area contributed by atoms with Crippen LogP contribution in [0, 0.1) is 13.8 Å². The highest BCUT2D eigenvalue weighted by atomic mass is 32.2. The first-order valence-electron chi connectivity index (χ1n) is 10.8. The molecule has 0 spiro atoms. The van der Waals surface area contributed by atoms with E-state index in [4.69, 9.17) is 9.47 Å². The van der Waals surface area contributed by atoms with Gasteiger partial charge in [-0.1, -0.05) is 24.3 Å². The van der Waals surface area contributed by atoms with Crippen molar-refractivity contribution < 1.29 is 27.5 Å². The summed E-state index contributed by atoms with van der Waals surface area (Å²) in [4.78, 5) is 26.6. The Balaban J connectivity index is 1.45. The van der Waals surface area contributed by atoms with Crippen molar-refractivity contribution in [1.29, 1.82) is 0 Å². The van der Waals surface area contributed by atoms with E-state index in [0.717, 1.165) is 11.1 Å². The number of likely N-dealkylation sites (N-methyl/N-ethyl adjacent to an activating group) is 1. The zero-order chi connectivity index (χ0) is 25.2. The third kappa shape index (κ3) is 5.38. The van der Waals surface area contributed by atoms with Crippen molar-refractivity contribution in [2.24, 2.45) is 0 Å². The van der Waals surface area contributed by atoms with Gasteiger partial charge in [0.15, 0.2) is 11.5 Å². The van der Waals surface area contributed by atoms with Crippen LogP contribution in [0.3, 0.4) is 0 Å². The van der Waals surface area contributed by atoms with E-state index in [0.29, 0.717) is 22.9 Å². The van der Waals surface area contributed by atoms with E-state index in [9.17, 15) is 18.0 Å². The van der Waals surface area contributed by atoms with Gasteiger partial charge in [0.25, 0.3) is 15.9 Å². The maximum Gasteiger partial charge on any atom is 0.261 e. The molecule has 3 aromatic carbocycles. The van der Waals surface area contributed by atoms with Crippen LogP contribution in [0.2, 0.25) is 0 Å². The van der Waals surface area contributed by atoms with E-state index in [1.807, 2.05) is 32.0 Å². The quantitative estimate of drug-likeness (QED) is 0.518. The van der Waals surface area contributed by atoms with Gasteiger partial charge in [0.05, 0.1) is 17.1 Å². The summed E-state index contributed by atoms with van der Waals surface area (Å²) in [7, 11) is -2.50. The lowest BCUT2D eigenvalue weighted by atomic mass is 10.1. The van der Waals surface area contributed by atoms with Gasteiger partial charge in [-0.15, -0.1) is 0 Å². The van der Waals surface area contributed by atoms with Crippen LogP contribution in [0.5, 0.6) is 11.5 Å². The van der Waals surface area contributed by atoms with Crippen molar-refractivity contribution >= 4 is 33.2 Å². The molecule has 4 rings (SSSR count). The minimum absolute atomic E-state index is 0.0752. The molecule has 3 aromatic rings. The summed E-state index contributed by atoms with van der Waals surface area (Å²) in [5, 5.41) is 2.84. The van der Waals surface area contributed by atoms with Crippen LogP contribution in [-0.4, -0.2) is 45.5 Å². The third-order valence-electron chi connectivity index (χ3n) is 5.49. The molecule has 1 aliphatic heterocycles. The van der Waals surface area contributed by atoms with Crippen LogP contribution >= 0.6 is 0 Å². The van der Waals surface area contributed by atoms with Crippen molar-refractivity contribution in [2.75, 3.05) is 30.4 Å². The van der Waals surface area contributed by atoms with Crippen LogP contribution in [-0.2, 0) is 14.8 Å². The van der Waals surface area contributed by atoms with E-state index in [1.54, 1.807) is 12.1 Å². The average molecular weight is 496 g/mol. The number of fused-ring (bicyclic) bond motifs is 1. The van der Waals surface area contributed by atoms with E-state index in [1.165, 1.54) is 42.3 Å². The summed E-state index contributed by atoms with van der Waals surface area (Å²) in [5.41, 5.74) is 2.98. The summed E-state index contributed by atoms with van der Waals surface area (Å²) >= 11 is 0. The van der Waals surface area contributed by atoms with Gasteiger partial charge in [-0.3, -0.25) is 14.3 Å². The van der Waals surface area contributed by atoms with Crippen molar-refractivity contribution in [3.63, 3.8) is 0 Å². The summed E-state index contributed by atoms with van der Waals surface area (Å²) in [5.74, 6) is 0.133. The predicted octanol–water partition coefficient (Wildman–Crippen LogP) is 3.54. The molecular formula is C25H25N3O6S. The van der Waals surface area contributed by atoms with Crippen LogP contribution in [0.15, 0.2) is 65.6 Å². The second-order valence-corrected chi connectivity index (χ2v) is 9.86. The number of nitrogens with zero attached hydrogens (tertiary/aromatic N) is 1. The number of sulfonamides is 1. The van der Waals surface area contributed by atoms with Gasteiger partial charge in [0, 0.05) is 24.4 Å². The van der Waals surface area contributed by atoms with Gasteiger partial charge >= 0.3 is 0 Å². The number of nitrogens with one attached hydrogen (secondary N) is 2. The molecule has 182 valence electrons. The molecule has 0 atom stereocenters. The molecule has 0 aromatic heterocycles. The minimum atomic E-state index is -3.98. The highest BCUT2D eigenvalue weighted by Gasteiger charge is 2.21. The number of benzene rings is 3. The molecule has 0 saturated carbocycles. The number of hydrogen-bond acceptors (Lipinski definition) is 6. The van der Waals surface area contributed by atoms with Crippen molar-refractivity contribution in [3.05, 3.63) is 77.4 Å². The SMILES string of the molecule is Cc1cccc(C)c1NC(=O)CN(C)C(=O)c1cccc(S(=O)(=O)Nc2ccc3c(c2)OCO3)c1. The van der Waals surface area contributed by atoms with Gasteiger partial charge in [-0.25, -0.2) is 8.42 Å². The normalized spacial score (nSPS) is 12.2. The molecule has 0 unspecified atom stereocenters. The molecule has 10 heteroatoms. The molecule has 1 heterocycles. The summed E-state index contributed by atoms with van der Waals surface area (Å²) in [6, 6.07) is 16.0. The van der Waals surface area contributed by atoms with Gasteiger partial charge in [-0.2, -0.15) is 0 Å². The zero-order valence-corrected chi connectivity index (χ0v) is 20.3. The van der Waals surface area contributed by atoms with E-state index in [2.05, 4.69) is 10.0 Å². The number of carbonyl (C=O) groups excluding carboxylic acids is 2. The molecule has 0 radical (unpaired) electrons. The Morgan fingerprint density at radius 3 is 2.37 bits per heavy atom. The Morgan fingerprint density at radius 2 is 1.63 bits per heavy atom. The molecular weight excluding hydrogens is 470 g/mol. The smallest absolute Gasteiger partial charge is 0.261 e. The van der Waals surface area contributed by atoms with Crippen molar-refractivity contribution in [2.45, 2.75) is 18.7 Å². The first-order chi connectivity index (χ1) is 16.6. The second kappa shape index (κ2) is 9.67. The van der Waals surface area contributed by atoms with Gasteiger partial charge in [0.2, 0.25) is 12.7 Å². The van der Waals surface area contributed by atoms with Crippen LogP contribution in [0.4, 0.5) is 11.4 Å². The van der Waals surface area contributed by atoms with Gasteiger partial charge in [0.1, 0.15) is 0 Å². The fourth-order valence-electron chi connectivity index (χ4n) is 3.67. The molecule has 35 heavy (non-hydrogen) atoms. The average Bonchev–Trinajstić information content (AvgIpc) is 3.29. The third-order valence-corrected chi connectivity index (χ3v) is 6.87. The number of ether oxygens (including phenoxy) is 2. The molecule has 0 fully saturated rings. The number of aryl methyl sites for hydroxylation is 2. The highest BCUT2D eigenvalue weighted by Crippen LogP contribution is 2.34. The van der Waals surface area contributed by atoms with Gasteiger partial charge in [-0.05, 0) is 55.3 Å². The standard InChI is InChI=1S/C25H25N3O6S/c1-16-6-4-7-17(2)24(16)26-23(29)14-28(3)25(30)18-8-5-9-20(12-18)35(31,32)27-19-10-11-21-22(13-19)34-15-33-21/h4-13,27H,14-15H2,1-3H3,(H,26,29). The maximum atomic E-state index is 12.9. The summed E-state index contributed by atoms with van der Waals surface area (Å²) in [6.07, 6.45) is 0. The molecule has 1 aliphatic rings. The van der Waals surface area contributed by atoms with E-state index >= 15 is 0 Å².